The maximum Gasteiger partial charge on any atom is 0.350 e. The summed E-state index contributed by atoms with van der Waals surface area (Å²) in [6, 6.07) is 0. The van der Waals surface area contributed by atoms with Crippen LogP contribution in [-0.2, 0) is 14.3 Å². The van der Waals surface area contributed by atoms with Gasteiger partial charge in [-0.15, -0.1) is 11.3 Å². The summed E-state index contributed by atoms with van der Waals surface area (Å²) < 4.78 is 5.12. The fourth-order valence-electron chi connectivity index (χ4n) is 3.20. The maximum atomic E-state index is 12.5. The van der Waals surface area contributed by atoms with Crippen LogP contribution in [-0.4, -0.2) is 47.4 Å². The Labute approximate surface area is 161 Å². The van der Waals surface area contributed by atoms with Gasteiger partial charge in [-0.25, -0.2) is 19.7 Å². The summed E-state index contributed by atoms with van der Waals surface area (Å²) in [5.74, 6) is -0.939. The van der Waals surface area contributed by atoms with E-state index in [9.17, 15) is 14.4 Å². The van der Waals surface area contributed by atoms with Crippen molar-refractivity contribution in [3.05, 3.63) is 11.1 Å². The van der Waals surface area contributed by atoms with Crippen LogP contribution in [0, 0.1) is 0 Å². The van der Waals surface area contributed by atoms with Crippen LogP contribution in [0.25, 0.3) is 10.2 Å². The van der Waals surface area contributed by atoms with Crippen molar-refractivity contribution in [1.29, 1.82) is 0 Å². The lowest BCUT2D eigenvalue weighted by Gasteiger charge is -2.26. The Hall–Kier alpha value is -2.55. The van der Waals surface area contributed by atoms with Crippen molar-refractivity contribution in [2.24, 2.45) is 0 Å². The van der Waals surface area contributed by atoms with E-state index in [1.54, 1.807) is 13.1 Å². The second-order valence-corrected chi connectivity index (χ2v) is 7.31. The molecule has 0 N–H and O–H groups in total. The molecule has 2 aromatic heterocycles. The molecule has 3 rings (SSSR count). The highest BCUT2D eigenvalue weighted by atomic mass is 32.1. The van der Waals surface area contributed by atoms with Crippen LogP contribution in [0.3, 0.4) is 0 Å². The van der Waals surface area contributed by atoms with E-state index >= 15 is 0 Å². The Morgan fingerprint density at radius 1 is 1.19 bits per heavy atom. The molecule has 1 aliphatic rings. The number of aromatic nitrogens is 2. The van der Waals surface area contributed by atoms with Crippen LogP contribution in [0.15, 0.2) is 6.20 Å². The molecule has 0 spiro atoms. The molecule has 9 heteroatoms. The summed E-state index contributed by atoms with van der Waals surface area (Å²) in [5.41, 5.74) is 0.207. The average Bonchev–Trinajstić information content (AvgIpc) is 3.01. The highest BCUT2D eigenvalue weighted by Crippen LogP contribution is 2.38. The van der Waals surface area contributed by atoms with Gasteiger partial charge < -0.3 is 9.64 Å². The second kappa shape index (κ2) is 7.99. The van der Waals surface area contributed by atoms with Gasteiger partial charge in [0, 0.05) is 33.1 Å². The lowest BCUT2D eigenvalue weighted by atomic mass is 10.1. The van der Waals surface area contributed by atoms with E-state index in [0.29, 0.717) is 16.2 Å². The van der Waals surface area contributed by atoms with Gasteiger partial charge in [0.1, 0.15) is 9.71 Å². The molecule has 2 amide bonds. The topological polar surface area (TPSA) is 92.7 Å². The van der Waals surface area contributed by atoms with Crippen molar-refractivity contribution < 1.29 is 19.1 Å². The Morgan fingerprint density at radius 2 is 1.85 bits per heavy atom. The van der Waals surface area contributed by atoms with E-state index in [1.165, 1.54) is 20.3 Å². The van der Waals surface area contributed by atoms with Crippen molar-refractivity contribution in [1.82, 2.24) is 9.97 Å². The molecular formula is C18H22N4O4S. The molecule has 3 heterocycles. The minimum atomic E-state index is -0.581. The van der Waals surface area contributed by atoms with E-state index in [4.69, 9.17) is 4.74 Å². The second-order valence-electron chi connectivity index (χ2n) is 6.31. The third-order valence-electron chi connectivity index (χ3n) is 4.36. The molecule has 1 fully saturated rings. The van der Waals surface area contributed by atoms with Gasteiger partial charge in [-0.05, 0) is 26.2 Å². The normalized spacial score (nSPS) is 14.3. The molecule has 1 saturated heterocycles. The quantitative estimate of drug-likeness (QED) is 0.741. The average molecular weight is 390 g/mol. The van der Waals surface area contributed by atoms with E-state index < -0.39 is 17.8 Å². The minimum Gasteiger partial charge on any atom is -0.462 e. The molecule has 144 valence electrons. The van der Waals surface area contributed by atoms with Crippen LogP contribution in [0.2, 0.25) is 0 Å². The first-order valence-corrected chi connectivity index (χ1v) is 9.78. The molecule has 1 aliphatic heterocycles. The lowest BCUT2D eigenvalue weighted by Crippen LogP contribution is -2.34. The van der Waals surface area contributed by atoms with Gasteiger partial charge in [0.05, 0.1) is 17.7 Å². The SMILES string of the molecule is CCOC(=O)c1sc2nc(N3CCCCC3)ncc2c1N(C(C)=O)C(C)=O. The van der Waals surface area contributed by atoms with Crippen LogP contribution in [0.4, 0.5) is 11.6 Å². The standard InChI is InChI=1S/C18H22N4O4S/c1-4-26-17(25)15-14(22(11(2)23)12(3)24)13-10-19-18(20-16(13)27-15)21-8-6-5-7-9-21/h10H,4-9H2,1-3H3. The van der Waals surface area contributed by atoms with Crippen molar-refractivity contribution in [2.75, 3.05) is 29.5 Å². The number of imide groups is 1. The Balaban J connectivity index is 2.15. The molecule has 0 saturated carbocycles. The summed E-state index contributed by atoms with van der Waals surface area (Å²) in [5, 5.41) is 0.495. The number of anilines is 2. The van der Waals surface area contributed by atoms with Crippen molar-refractivity contribution in [3.8, 4) is 0 Å². The molecule has 2 aromatic rings. The fraction of sp³-hybridized carbons (Fsp3) is 0.500. The Kier molecular flexibility index (Phi) is 5.69. The number of hydrogen-bond acceptors (Lipinski definition) is 8. The number of hydrogen-bond donors (Lipinski definition) is 0. The van der Waals surface area contributed by atoms with Gasteiger partial charge >= 0.3 is 5.97 Å². The van der Waals surface area contributed by atoms with Gasteiger partial charge in [0.25, 0.3) is 0 Å². The molecule has 27 heavy (non-hydrogen) atoms. The first kappa shape index (κ1) is 19.2. The Bertz CT molecular complexity index is 875. The molecule has 0 bridgehead atoms. The maximum absolute atomic E-state index is 12.5. The summed E-state index contributed by atoms with van der Waals surface area (Å²) in [7, 11) is 0. The summed E-state index contributed by atoms with van der Waals surface area (Å²) in [6.45, 7) is 6.23. The van der Waals surface area contributed by atoms with Crippen molar-refractivity contribution in [2.45, 2.75) is 40.0 Å². The molecule has 0 aromatic carbocycles. The zero-order chi connectivity index (χ0) is 19.6. The molecule has 0 unspecified atom stereocenters. The van der Waals surface area contributed by atoms with Crippen molar-refractivity contribution in [3.63, 3.8) is 0 Å². The van der Waals surface area contributed by atoms with Crippen molar-refractivity contribution >= 4 is 51.0 Å². The fourth-order valence-corrected chi connectivity index (χ4v) is 4.22. The van der Waals surface area contributed by atoms with Crippen LogP contribution >= 0.6 is 11.3 Å². The van der Waals surface area contributed by atoms with Crippen LogP contribution in [0.1, 0.15) is 49.7 Å². The zero-order valence-corrected chi connectivity index (χ0v) is 16.5. The number of thiophene rings is 1. The van der Waals surface area contributed by atoms with Gasteiger partial charge in [-0.1, -0.05) is 0 Å². The Morgan fingerprint density at radius 3 is 2.44 bits per heavy atom. The van der Waals surface area contributed by atoms with Gasteiger partial charge in [0.2, 0.25) is 17.8 Å². The summed E-state index contributed by atoms with van der Waals surface area (Å²) >= 11 is 1.11. The van der Waals surface area contributed by atoms with E-state index in [1.807, 2.05) is 0 Å². The van der Waals surface area contributed by atoms with Crippen LogP contribution < -0.4 is 9.80 Å². The summed E-state index contributed by atoms with van der Waals surface area (Å²) in [6.07, 6.45) is 4.96. The number of esters is 1. The minimum absolute atomic E-state index is 0.183. The molecular weight excluding hydrogens is 368 g/mol. The number of carbonyl (C=O) groups excluding carboxylic acids is 3. The highest BCUT2D eigenvalue weighted by Gasteiger charge is 2.30. The molecule has 0 atom stereocenters. The number of amides is 2. The first-order chi connectivity index (χ1) is 12.9. The number of carbonyl (C=O) groups is 3. The molecule has 8 nitrogen and oxygen atoms in total. The van der Waals surface area contributed by atoms with Gasteiger partial charge in [-0.3, -0.25) is 9.59 Å². The predicted molar refractivity (Wildman–Crippen MR) is 103 cm³/mol. The van der Waals surface area contributed by atoms with Crippen LogP contribution in [0.5, 0.6) is 0 Å². The number of ether oxygens (including phenoxy) is 1. The molecule has 0 radical (unpaired) electrons. The number of fused-ring (bicyclic) bond motifs is 1. The van der Waals surface area contributed by atoms with Gasteiger partial charge in [0.15, 0.2) is 0 Å². The van der Waals surface area contributed by atoms with E-state index in [2.05, 4.69) is 14.9 Å². The zero-order valence-electron chi connectivity index (χ0n) is 15.7. The highest BCUT2D eigenvalue weighted by molar-refractivity contribution is 7.21. The number of nitrogens with zero attached hydrogens (tertiary/aromatic N) is 4. The van der Waals surface area contributed by atoms with E-state index in [0.717, 1.165) is 42.2 Å². The third kappa shape index (κ3) is 3.78. The predicted octanol–water partition coefficient (Wildman–Crippen LogP) is 2.76. The van der Waals surface area contributed by atoms with E-state index in [-0.39, 0.29) is 17.2 Å². The first-order valence-electron chi connectivity index (χ1n) is 8.97. The van der Waals surface area contributed by atoms with Gasteiger partial charge in [-0.2, -0.15) is 0 Å². The monoisotopic (exact) mass is 390 g/mol. The third-order valence-corrected chi connectivity index (χ3v) is 5.43. The smallest absolute Gasteiger partial charge is 0.350 e. The molecule has 0 aliphatic carbocycles. The number of piperidine rings is 1. The largest absolute Gasteiger partial charge is 0.462 e. The summed E-state index contributed by atoms with van der Waals surface area (Å²) in [4.78, 5) is 49.5. The lowest BCUT2D eigenvalue weighted by molar-refractivity contribution is -0.124. The number of rotatable bonds is 4.